The molecule has 2 unspecified atom stereocenters. The average Bonchev–Trinajstić information content (AvgIpc) is 2.77. The molecule has 2 atom stereocenters. The van der Waals surface area contributed by atoms with Crippen molar-refractivity contribution in [3.63, 3.8) is 0 Å². The minimum absolute atomic E-state index is 0.0503. The summed E-state index contributed by atoms with van der Waals surface area (Å²) in [5, 5.41) is 0. The molecule has 0 N–H and O–H groups in total. The van der Waals surface area contributed by atoms with E-state index in [4.69, 9.17) is 14.2 Å². The van der Waals surface area contributed by atoms with Crippen LogP contribution in [0.15, 0.2) is 48.7 Å². The van der Waals surface area contributed by atoms with Crippen LogP contribution in [-0.2, 0) is 16.1 Å². The summed E-state index contributed by atoms with van der Waals surface area (Å²) >= 11 is 0. The van der Waals surface area contributed by atoms with Crippen LogP contribution >= 0.6 is 0 Å². The number of ketones is 1. The lowest BCUT2D eigenvalue weighted by molar-refractivity contribution is -0.0755. The molecule has 7 heteroatoms. The van der Waals surface area contributed by atoms with Crippen molar-refractivity contribution in [3.8, 4) is 5.88 Å². The molecule has 0 spiro atoms. The monoisotopic (exact) mass is 396 g/mol. The number of fused-ring (bicyclic) bond motifs is 2. The highest BCUT2D eigenvalue weighted by Crippen LogP contribution is 2.34. The van der Waals surface area contributed by atoms with Gasteiger partial charge in [0.25, 0.3) is 0 Å². The van der Waals surface area contributed by atoms with Gasteiger partial charge in [-0.15, -0.1) is 0 Å². The van der Waals surface area contributed by atoms with Gasteiger partial charge in [-0.3, -0.25) is 9.69 Å². The minimum Gasteiger partial charge on any atom is -0.481 e. The van der Waals surface area contributed by atoms with Crippen LogP contribution in [0.25, 0.3) is 0 Å². The van der Waals surface area contributed by atoms with E-state index in [0.29, 0.717) is 37.5 Å². The van der Waals surface area contributed by atoms with Gasteiger partial charge in [-0.25, -0.2) is 9.78 Å². The molecule has 29 heavy (non-hydrogen) atoms. The smallest absolute Gasteiger partial charge is 0.410 e. The van der Waals surface area contributed by atoms with E-state index in [1.54, 1.807) is 23.2 Å². The number of amides is 1. The molecule has 1 amide bonds. The zero-order chi connectivity index (χ0) is 20.2. The van der Waals surface area contributed by atoms with Crippen LogP contribution in [-0.4, -0.2) is 54.2 Å². The van der Waals surface area contributed by atoms with E-state index in [1.165, 1.54) is 7.11 Å². The standard InChI is InChI=1S/C22H24N2O5/c1-27-20-8-7-16(11-23-20)21(25)17-9-18-13-28-14-19(10-17)24(18)22(26)29-12-15-5-3-2-4-6-15/h2-8,11,17-19H,9-10,12-14H2,1H3. The van der Waals surface area contributed by atoms with Crippen molar-refractivity contribution in [3.05, 3.63) is 59.8 Å². The maximum absolute atomic E-state index is 13.0. The molecule has 3 heterocycles. The first-order valence-corrected chi connectivity index (χ1v) is 9.76. The first-order valence-electron chi connectivity index (χ1n) is 9.76. The Morgan fingerprint density at radius 1 is 1.10 bits per heavy atom. The average molecular weight is 396 g/mol. The van der Waals surface area contributed by atoms with Gasteiger partial charge >= 0.3 is 6.09 Å². The number of hydrogen-bond acceptors (Lipinski definition) is 6. The molecule has 2 aromatic rings. The van der Waals surface area contributed by atoms with Crippen molar-refractivity contribution in [1.29, 1.82) is 0 Å². The molecule has 2 saturated heterocycles. The van der Waals surface area contributed by atoms with Crippen LogP contribution in [0.5, 0.6) is 5.88 Å². The number of pyridine rings is 1. The lowest BCUT2D eigenvalue weighted by atomic mass is 9.81. The van der Waals surface area contributed by atoms with Crippen LogP contribution in [0.1, 0.15) is 28.8 Å². The van der Waals surface area contributed by atoms with Crippen LogP contribution in [0.2, 0.25) is 0 Å². The number of methoxy groups -OCH3 is 1. The molecule has 1 aromatic heterocycles. The Kier molecular flexibility index (Phi) is 5.76. The summed E-state index contributed by atoms with van der Waals surface area (Å²) in [6, 6.07) is 12.7. The first-order chi connectivity index (χ1) is 14.2. The molecule has 4 rings (SSSR count). The number of nitrogens with zero attached hydrogens (tertiary/aromatic N) is 2. The Morgan fingerprint density at radius 3 is 2.45 bits per heavy atom. The quantitative estimate of drug-likeness (QED) is 0.723. The van der Waals surface area contributed by atoms with Crippen LogP contribution in [0.3, 0.4) is 0 Å². The summed E-state index contributed by atoms with van der Waals surface area (Å²) in [6.45, 7) is 1.07. The number of ether oxygens (including phenoxy) is 3. The maximum Gasteiger partial charge on any atom is 0.410 e. The second kappa shape index (κ2) is 8.61. The van der Waals surface area contributed by atoms with Crippen molar-refractivity contribution in [1.82, 2.24) is 9.88 Å². The molecular weight excluding hydrogens is 372 g/mol. The van der Waals surface area contributed by atoms with E-state index in [1.807, 2.05) is 30.3 Å². The number of hydrogen-bond donors (Lipinski definition) is 0. The number of benzene rings is 1. The van der Waals surface area contributed by atoms with E-state index in [9.17, 15) is 9.59 Å². The van der Waals surface area contributed by atoms with Gasteiger partial charge in [-0.05, 0) is 24.5 Å². The number of rotatable bonds is 5. The predicted octanol–water partition coefficient (Wildman–Crippen LogP) is 3.09. The number of morpholine rings is 1. The summed E-state index contributed by atoms with van der Waals surface area (Å²) in [4.78, 5) is 31.6. The third-order valence-corrected chi connectivity index (χ3v) is 5.54. The summed E-state index contributed by atoms with van der Waals surface area (Å²) in [7, 11) is 1.54. The summed E-state index contributed by atoms with van der Waals surface area (Å²) in [6.07, 6.45) is 2.32. The molecule has 0 aliphatic carbocycles. The molecule has 0 radical (unpaired) electrons. The van der Waals surface area contributed by atoms with Gasteiger partial charge in [-0.2, -0.15) is 0 Å². The third-order valence-electron chi connectivity index (χ3n) is 5.54. The van der Waals surface area contributed by atoms with Crippen molar-refractivity contribution in [2.24, 2.45) is 5.92 Å². The van der Waals surface area contributed by atoms with E-state index < -0.39 is 0 Å². The second-order valence-corrected chi connectivity index (χ2v) is 7.41. The Bertz CT molecular complexity index is 841. The summed E-state index contributed by atoms with van der Waals surface area (Å²) in [5.41, 5.74) is 1.51. The van der Waals surface area contributed by atoms with Gasteiger partial charge < -0.3 is 14.2 Å². The number of aromatic nitrogens is 1. The van der Waals surface area contributed by atoms with Gasteiger partial charge in [-0.1, -0.05) is 30.3 Å². The van der Waals surface area contributed by atoms with Gasteiger partial charge in [0, 0.05) is 23.7 Å². The molecule has 2 fully saturated rings. The zero-order valence-corrected chi connectivity index (χ0v) is 16.3. The van der Waals surface area contributed by atoms with Gasteiger partial charge in [0.05, 0.1) is 32.4 Å². The van der Waals surface area contributed by atoms with Crippen molar-refractivity contribution >= 4 is 11.9 Å². The molecular formula is C22H24N2O5. The van der Waals surface area contributed by atoms with Gasteiger partial charge in [0.2, 0.25) is 5.88 Å². The highest BCUT2D eigenvalue weighted by atomic mass is 16.6. The van der Waals surface area contributed by atoms with Crippen LogP contribution < -0.4 is 4.74 Å². The molecule has 7 nitrogen and oxygen atoms in total. The van der Waals surface area contributed by atoms with E-state index in [2.05, 4.69) is 4.98 Å². The van der Waals surface area contributed by atoms with Crippen molar-refractivity contribution in [2.45, 2.75) is 31.5 Å². The number of piperidine rings is 1. The molecule has 2 bridgehead atoms. The Hall–Kier alpha value is -2.93. The van der Waals surface area contributed by atoms with Crippen LogP contribution in [0, 0.1) is 5.92 Å². The molecule has 2 aliphatic rings. The Balaban J connectivity index is 1.41. The first kappa shape index (κ1) is 19.4. The summed E-state index contributed by atoms with van der Waals surface area (Å²) < 4.78 is 16.2. The highest BCUT2D eigenvalue weighted by Gasteiger charge is 2.44. The minimum atomic E-state index is -0.343. The molecule has 0 saturated carbocycles. The normalized spacial score (nSPS) is 23.3. The van der Waals surface area contributed by atoms with E-state index in [0.717, 1.165) is 5.56 Å². The fourth-order valence-electron chi connectivity index (χ4n) is 4.10. The lowest BCUT2D eigenvalue weighted by Gasteiger charge is -2.47. The predicted molar refractivity (Wildman–Crippen MR) is 105 cm³/mol. The van der Waals surface area contributed by atoms with Crippen molar-refractivity contribution in [2.75, 3.05) is 20.3 Å². The highest BCUT2D eigenvalue weighted by molar-refractivity contribution is 5.97. The fraction of sp³-hybridized carbons (Fsp3) is 0.409. The van der Waals surface area contributed by atoms with Gasteiger partial charge in [0.15, 0.2) is 5.78 Å². The van der Waals surface area contributed by atoms with Crippen molar-refractivity contribution < 1.29 is 23.8 Å². The topological polar surface area (TPSA) is 78.0 Å². The number of carbonyl (C=O) groups is 2. The van der Waals surface area contributed by atoms with E-state index in [-0.39, 0.29) is 36.5 Å². The number of Topliss-reactive ketones (excluding diaryl/α,β-unsaturated/α-hetero) is 1. The van der Waals surface area contributed by atoms with Gasteiger partial charge in [0.1, 0.15) is 6.61 Å². The lowest BCUT2D eigenvalue weighted by Crippen LogP contribution is -2.59. The second-order valence-electron chi connectivity index (χ2n) is 7.41. The molecule has 2 aliphatic heterocycles. The summed E-state index contributed by atoms with van der Waals surface area (Å²) in [5.74, 6) is 0.361. The maximum atomic E-state index is 13.0. The third kappa shape index (κ3) is 4.24. The molecule has 152 valence electrons. The SMILES string of the molecule is COc1ccc(C(=O)C2CC3COCC(C2)N3C(=O)OCc2ccccc2)cn1. The fourth-order valence-corrected chi connectivity index (χ4v) is 4.10. The largest absolute Gasteiger partial charge is 0.481 e. The Morgan fingerprint density at radius 2 is 1.83 bits per heavy atom. The van der Waals surface area contributed by atoms with Crippen LogP contribution in [0.4, 0.5) is 4.79 Å². The molecule has 1 aromatic carbocycles. The zero-order valence-electron chi connectivity index (χ0n) is 16.3. The van der Waals surface area contributed by atoms with E-state index >= 15 is 0 Å². The number of carbonyl (C=O) groups excluding carboxylic acids is 2. The Labute approximate surface area is 169 Å².